The van der Waals surface area contributed by atoms with E-state index in [0.717, 1.165) is 25.7 Å². The summed E-state index contributed by atoms with van der Waals surface area (Å²) in [5.74, 6) is 1.16. The molecular weight excluding hydrogens is 211 g/mol. The molecule has 0 amide bonds. The van der Waals surface area contributed by atoms with Gasteiger partial charge in [-0.25, -0.2) is 4.39 Å². The number of unbranched alkanes of at least 4 members (excludes halogenated alkanes) is 1. The molecule has 0 aliphatic carbocycles. The normalized spacial score (nSPS) is 18.5. The van der Waals surface area contributed by atoms with E-state index in [4.69, 9.17) is 0 Å². The second-order valence-corrected chi connectivity index (χ2v) is 6.14. The van der Waals surface area contributed by atoms with Gasteiger partial charge in [-0.3, -0.25) is 0 Å². The molecule has 0 spiro atoms. The summed E-state index contributed by atoms with van der Waals surface area (Å²) in [6.07, 6.45) is 5.64. The Morgan fingerprint density at radius 2 is 1.88 bits per heavy atom. The molecule has 0 saturated carbocycles. The summed E-state index contributed by atoms with van der Waals surface area (Å²) in [5, 5.41) is 0. The van der Waals surface area contributed by atoms with Gasteiger partial charge in [-0.05, 0) is 51.4 Å². The predicted molar refractivity (Wildman–Crippen MR) is 76.0 cm³/mol. The molecular formula is C16H31F. The third-order valence-corrected chi connectivity index (χ3v) is 3.81. The molecule has 0 N–H and O–H groups in total. The van der Waals surface area contributed by atoms with Crippen LogP contribution in [-0.4, -0.2) is 5.67 Å². The standard InChI is InChI=1S/C16H31F/c1-7-8-10-16(6,17)11-9-14(4)12-15(5)13(2)3/h14-15H,2,7-12H2,1,3-6H3. The average molecular weight is 242 g/mol. The molecule has 0 aromatic heterocycles. The Morgan fingerprint density at radius 1 is 1.29 bits per heavy atom. The highest BCUT2D eigenvalue weighted by atomic mass is 19.1. The van der Waals surface area contributed by atoms with Gasteiger partial charge in [-0.2, -0.15) is 0 Å². The Bertz CT molecular complexity index is 218. The molecule has 0 aliphatic heterocycles. The minimum absolute atomic E-state index is 0.562. The van der Waals surface area contributed by atoms with Crippen molar-refractivity contribution in [3.05, 3.63) is 12.2 Å². The van der Waals surface area contributed by atoms with E-state index in [1.807, 2.05) is 0 Å². The lowest BCUT2D eigenvalue weighted by molar-refractivity contribution is 0.144. The van der Waals surface area contributed by atoms with Gasteiger partial charge in [0.05, 0.1) is 0 Å². The first-order chi connectivity index (χ1) is 7.78. The van der Waals surface area contributed by atoms with Crippen molar-refractivity contribution < 1.29 is 4.39 Å². The fraction of sp³-hybridized carbons (Fsp3) is 0.875. The van der Waals surface area contributed by atoms with Crippen molar-refractivity contribution in [2.45, 2.75) is 78.8 Å². The number of alkyl halides is 1. The van der Waals surface area contributed by atoms with Crippen molar-refractivity contribution in [1.29, 1.82) is 0 Å². The summed E-state index contributed by atoms with van der Waals surface area (Å²) >= 11 is 0. The maximum Gasteiger partial charge on any atom is 0.108 e. The number of rotatable bonds is 9. The number of hydrogen-bond donors (Lipinski definition) is 0. The van der Waals surface area contributed by atoms with Gasteiger partial charge in [0, 0.05) is 0 Å². The van der Waals surface area contributed by atoms with Crippen LogP contribution in [0.1, 0.15) is 73.1 Å². The van der Waals surface area contributed by atoms with Crippen LogP contribution in [0.15, 0.2) is 12.2 Å². The minimum atomic E-state index is -0.962. The summed E-state index contributed by atoms with van der Waals surface area (Å²) in [6.45, 7) is 14.4. The van der Waals surface area contributed by atoms with Crippen LogP contribution in [-0.2, 0) is 0 Å². The van der Waals surface area contributed by atoms with Crippen molar-refractivity contribution in [1.82, 2.24) is 0 Å². The molecule has 0 aliphatic rings. The van der Waals surface area contributed by atoms with Crippen LogP contribution in [0, 0.1) is 11.8 Å². The van der Waals surface area contributed by atoms with Crippen LogP contribution in [0.25, 0.3) is 0 Å². The molecule has 0 nitrogen and oxygen atoms in total. The van der Waals surface area contributed by atoms with E-state index < -0.39 is 5.67 Å². The molecule has 3 atom stereocenters. The molecule has 1 heteroatoms. The van der Waals surface area contributed by atoms with E-state index in [9.17, 15) is 4.39 Å². The first-order valence-corrected chi connectivity index (χ1v) is 7.12. The average Bonchev–Trinajstić information content (AvgIpc) is 2.24. The van der Waals surface area contributed by atoms with Crippen molar-refractivity contribution in [3.63, 3.8) is 0 Å². The maximum atomic E-state index is 14.1. The van der Waals surface area contributed by atoms with E-state index in [-0.39, 0.29) is 0 Å². The zero-order valence-electron chi connectivity index (χ0n) is 12.5. The van der Waals surface area contributed by atoms with E-state index >= 15 is 0 Å². The number of halogens is 1. The Morgan fingerprint density at radius 3 is 2.35 bits per heavy atom. The predicted octanol–water partition coefficient (Wildman–Crippen LogP) is 5.92. The maximum absolute atomic E-state index is 14.1. The van der Waals surface area contributed by atoms with Crippen LogP contribution in [0.3, 0.4) is 0 Å². The number of hydrogen-bond acceptors (Lipinski definition) is 0. The van der Waals surface area contributed by atoms with Gasteiger partial charge in [0.1, 0.15) is 5.67 Å². The molecule has 0 fully saturated rings. The first kappa shape index (κ1) is 16.7. The highest BCUT2D eigenvalue weighted by Crippen LogP contribution is 2.29. The van der Waals surface area contributed by atoms with Crippen LogP contribution < -0.4 is 0 Å². The fourth-order valence-corrected chi connectivity index (χ4v) is 2.14. The Hall–Kier alpha value is -0.330. The van der Waals surface area contributed by atoms with Gasteiger partial charge in [0.15, 0.2) is 0 Å². The largest absolute Gasteiger partial charge is 0.244 e. The lowest BCUT2D eigenvalue weighted by Gasteiger charge is -2.23. The topological polar surface area (TPSA) is 0 Å². The lowest BCUT2D eigenvalue weighted by Crippen LogP contribution is -2.19. The second-order valence-electron chi connectivity index (χ2n) is 6.14. The second kappa shape index (κ2) is 7.89. The van der Waals surface area contributed by atoms with Crippen LogP contribution in [0.4, 0.5) is 4.39 Å². The molecule has 0 radical (unpaired) electrons. The molecule has 0 heterocycles. The number of allylic oxidation sites excluding steroid dienone is 1. The third-order valence-electron chi connectivity index (χ3n) is 3.81. The highest BCUT2D eigenvalue weighted by Gasteiger charge is 2.23. The Labute approximate surface area is 108 Å². The summed E-state index contributed by atoms with van der Waals surface area (Å²) < 4.78 is 14.1. The third kappa shape index (κ3) is 8.40. The van der Waals surface area contributed by atoms with E-state index in [1.165, 1.54) is 5.57 Å². The van der Waals surface area contributed by atoms with Gasteiger partial charge < -0.3 is 0 Å². The smallest absolute Gasteiger partial charge is 0.108 e. The summed E-state index contributed by atoms with van der Waals surface area (Å²) in [6, 6.07) is 0. The van der Waals surface area contributed by atoms with Crippen molar-refractivity contribution in [2.24, 2.45) is 11.8 Å². The Balaban J connectivity index is 3.89. The van der Waals surface area contributed by atoms with Gasteiger partial charge in [0.2, 0.25) is 0 Å². The van der Waals surface area contributed by atoms with Gasteiger partial charge in [-0.15, -0.1) is 0 Å². The fourth-order valence-electron chi connectivity index (χ4n) is 2.14. The molecule has 0 bridgehead atoms. The van der Waals surface area contributed by atoms with E-state index in [2.05, 4.69) is 34.3 Å². The van der Waals surface area contributed by atoms with Crippen molar-refractivity contribution in [2.75, 3.05) is 0 Å². The summed E-state index contributed by atoms with van der Waals surface area (Å²) in [5.41, 5.74) is 0.280. The molecule has 17 heavy (non-hydrogen) atoms. The van der Waals surface area contributed by atoms with E-state index in [0.29, 0.717) is 24.7 Å². The minimum Gasteiger partial charge on any atom is -0.244 e. The first-order valence-electron chi connectivity index (χ1n) is 7.12. The zero-order valence-corrected chi connectivity index (χ0v) is 12.5. The van der Waals surface area contributed by atoms with Crippen LogP contribution in [0.2, 0.25) is 0 Å². The molecule has 0 rings (SSSR count). The quantitative estimate of drug-likeness (QED) is 0.440. The van der Waals surface area contributed by atoms with Crippen LogP contribution in [0.5, 0.6) is 0 Å². The summed E-state index contributed by atoms with van der Waals surface area (Å²) in [4.78, 5) is 0. The summed E-state index contributed by atoms with van der Waals surface area (Å²) in [7, 11) is 0. The molecule has 0 aromatic rings. The van der Waals surface area contributed by atoms with E-state index in [1.54, 1.807) is 6.92 Å². The Kier molecular flexibility index (Phi) is 7.74. The molecule has 102 valence electrons. The molecule has 0 aromatic carbocycles. The SMILES string of the molecule is C=C(C)C(C)CC(C)CCC(C)(F)CCCC. The monoisotopic (exact) mass is 242 g/mol. The molecule has 0 saturated heterocycles. The van der Waals surface area contributed by atoms with Gasteiger partial charge >= 0.3 is 0 Å². The van der Waals surface area contributed by atoms with Crippen LogP contribution >= 0.6 is 0 Å². The van der Waals surface area contributed by atoms with Crippen molar-refractivity contribution in [3.8, 4) is 0 Å². The lowest BCUT2D eigenvalue weighted by atomic mass is 9.86. The highest BCUT2D eigenvalue weighted by molar-refractivity contribution is 4.94. The zero-order chi connectivity index (χ0) is 13.5. The van der Waals surface area contributed by atoms with Crippen molar-refractivity contribution >= 4 is 0 Å². The van der Waals surface area contributed by atoms with Gasteiger partial charge in [0.25, 0.3) is 0 Å². The molecule has 3 unspecified atom stereocenters. The van der Waals surface area contributed by atoms with Gasteiger partial charge in [-0.1, -0.05) is 45.8 Å².